The van der Waals surface area contributed by atoms with Crippen LogP contribution in [0.2, 0.25) is 0 Å². The van der Waals surface area contributed by atoms with Crippen LogP contribution in [0.3, 0.4) is 0 Å². The van der Waals surface area contributed by atoms with Gasteiger partial charge in [-0.2, -0.15) is 0 Å². The molecular formula is C28H29N3O2S2. The van der Waals surface area contributed by atoms with Crippen molar-refractivity contribution in [3.63, 3.8) is 0 Å². The predicted octanol–water partition coefficient (Wildman–Crippen LogP) is 5.46. The number of benzene rings is 2. The Labute approximate surface area is 215 Å². The molecule has 2 aromatic carbocycles. The average molecular weight is 504 g/mol. The molecule has 1 amide bonds. The normalized spacial score (nSPS) is 17.7. The second-order valence-corrected chi connectivity index (χ2v) is 10.6. The van der Waals surface area contributed by atoms with Gasteiger partial charge < -0.3 is 9.47 Å². The molecule has 2 aliphatic heterocycles. The molecule has 0 atom stereocenters. The fraction of sp³-hybridized carbons (Fsp3) is 0.321. The Morgan fingerprint density at radius 1 is 0.971 bits per heavy atom. The van der Waals surface area contributed by atoms with Gasteiger partial charge in [0, 0.05) is 31.6 Å². The fourth-order valence-electron chi connectivity index (χ4n) is 5.02. The molecule has 3 aromatic rings. The Morgan fingerprint density at radius 2 is 1.69 bits per heavy atom. The molecule has 3 heterocycles. The molecule has 0 N–H and O–H groups in total. The molecule has 2 fully saturated rings. The first-order valence-corrected chi connectivity index (χ1v) is 13.5. The van der Waals surface area contributed by atoms with Crippen molar-refractivity contribution >= 4 is 56.9 Å². The second-order valence-electron chi connectivity index (χ2n) is 8.95. The molecule has 0 saturated carbocycles. The smallest absolute Gasteiger partial charge is 0.266 e. The lowest BCUT2D eigenvalue weighted by Gasteiger charge is -2.31. The number of hydrogen-bond acceptors (Lipinski definition) is 5. The van der Waals surface area contributed by atoms with Crippen molar-refractivity contribution in [1.29, 1.82) is 0 Å². The van der Waals surface area contributed by atoms with E-state index in [1.54, 1.807) is 11.0 Å². The number of piperidine rings is 1. The summed E-state index contributed by atoms with van der Waals surface area (Å²) in [6, 6.07) is 18.2. The summed E-state index contributed by atoms with van der Waals surface area (Å²) in [4.78, 5) is 31.7. The molecule has 0 aliphatic carbocycles. The van der Waals surface area contributed by atoms with E-state index in [1.165, 1.54) is 23.7 Å². The molecule has 0 radical (unpaired) electrons. The third kappa shape index (κ3) is 4.67. The van der Waals surface area contributed by atoms with Gasteiger partial charge in [-0.25, -0.2) is 0 Å². The molecule has 0 spiro atoms. The van der Waals surface area contributed by atoms with Gasteiger partial charge in [0.05, 0.1) is 21.7 Å². The number of hydrogen-bond donors (Lipinski definition) is 0. The van der Waals surface area contributed by atoms with Crippen molar-refractivity contribution in [2.24, 2.45) is 0 Å². The molecule has 1 aromatic heterocycles. The minimum absolute atomic E-state index is 0.0543. The monoisotopic (exact) mass is 503 g/mol. The summed E-state index contributed by atoms with van der Waals surface area (Å²) in [7, 11) is 0. The van der Waals surface area contributed by atoms with Crippen molar-refractivity contribution in [3.05, 3.63) is 81.0 Å². The van der Waals surface area contributed by atoms with E-state index >= 15 is 0 Å². The number of amides is 1. The summed E-state index contributed by atoms with van der Waals surface area (Å²) in [5.74, 6) is -0.115. The number of anilines is 1. The van der Waals surface area contributed by atoms with Gasteiger partial charge in [-0.15, -0.1) is 0 Å². The van der Waals surface area contributed by atoms with E-state index in [0.717, 1.165) is 48.9 Å². The topological polar surface area (TPSA) is 45.6 Å². The maximum Gasteiger partial charge on any atom is 0.266 e. The van der Waals surface area contributed by atoms with Crippen LogP contribution in [0.25, 0.3) is 17.0 Å². The van der Waals surface area contributed by atoms with Crippen LogP contribution in [-0.4, -0.2) is 39.3 Å². The van der Waals surface area contributed by atoms with E-state index in [9.17, 15) is 9.59 Å². The number of aryl methyl sites for hydroxylation is 1. The maximum atomic E-state index is 13.8. The molecule has 0 unspecified atom stereocenters. The SMILES string of the molecule is CCn1c(=O)c(C=C2SC(=S)N(CCc3ccccc3)C2=O)c(N2CCCCC2)c2ccccc21. The number of rotatable bonds is 6. The molecule has 35 heavy (non-hydrogen) atoms. The number of thiocarbonyl (C=S) groups is 1. The van der Waals surface area contributed by atoms with E-state index in [1.807, 2.05) is 47.9 Å². The highest BCUT2D eigenvalue weighted by Gasteiger charge is 2.33. The molecule has 180 valence electrons. The highest BCUT2D eigenvalue weighted by molar-refractivity contribution is 8.26. The summed E-state index contributed by atoms with van der Waals surface area (Å²) >= 11 is 6.87. The molecule has 5 nitrogen and oxygen atoms in total. The summed E-state index contributed by atoms with van der Waals surface area (Å²) in [5, 5.41) is 1.06. The number of nitrogens with zero attached hydrogens (tertiary/aromatic N) is 3. The number of fused-ring (bicyclic) bond motifs is 1. The fourth-order valence-corrected chi connectivity index (χ4v) is 6.31. The van der Waals surface area contributed by atoms with E-state index in [2.05, 4.69) is 23.1 Å². The van der Waals surface area contributed by atoms with Crippen molar-refractivity contribution in [1.82, 2.24) is 9.47 Å². The van der Waals surface area contributed by atoms with Crippen LogP contribution in [0.5, 0.6) is 0 Å². The number of carbonyl (C=O) groups excluding carboxylic acids is 1. The Morgan fingerprint density at radius 3 is 2.43 bits per heavy atom. The Kier molecular flexibility index (Phi) is 7.07. The maximum absolute atomic E-state index is 13.8. The average Bonchev–Trinajstić information content (AvgIpc) is 3.16. The van der Waals surface area contributed by atoms with Crippen molar-refractivity contribution in [2.75, 3.05) is 24.5 Å². The molecule has 0 bridgehead atoms. The molecule has 7 heteroatoms. The second kappa shape index (κ2) is 10.4. The first kappa shape index (κ1) is 23.8. The van der Waals surface area contributed by atoms with E-state index in [-0.39, 0.29) is 11.5 Å². The minimum atomic E-state index is -0.115. The number of para-hydroxylation sites is 1. The lowest BCUT2D eigenvalue weighted by Crippen LogP contribution is -2.34. The number of pyridine rings is 1. The lowest BCUT2D eigenvalue weighted by molar-refractivity contribution is -0.122. The third-order valence-corrected chi connectivity index (χ3v) is 8.16. The van der Waals surface area contributed by atoms with Gasteiger partial charge in [0.25, 0.3) is 11.5 Å². The van der Waals surface area contributed by atoms with Gasteiger partial charge in [-0.1, -0.05) is 72.5 Å². The Bertz CT molecular complexity index is 1360. The van der Waals surface area contributed by atoms with Crippen LogP contribution in [-0.2, 0) is 17.8 Å². The molecular weight excluding hydrogens is 474 g/mol. The van der Waals surface area contributed by atoms with Gasteiger partial charge in [-0.05, 0) is 50.3 Å². The lowest BCUT2D eigenvalue weighted by atomic mass is 10.0. The van der Waals surface area contributed by atoms with Gasteiger partial charge in [-0.3, -0.25) is 14.5 Å². The Hall–Kier alpha value is -2.90. The Balaban J connectivity index is 1.56. The zero-order valence-electron chi connectivity index (χ0n) is 19.9. The molecule has 2 aliphatic rings. The predicted molar refractivity (Wildman–Crippen MR) is 150 cm³/mol. The highest BCUT2D eigenvalue weighted by Crippen LogP contribution is 2.37. The van der Waals surface area contributed by atoms with Crippen LogP contribution in [0.1, 0.15) is 37.3 Å². The van der Waals surface area contributed by atoms with Crippen molar-refractivity contribution in [2.45, 2.75) is 39.2 Å². The molecule has 2 saturated heterocycles. The summed E-state index contributed by atoms with van der Waals surface area (Å²) in [5.41, 5.74) is 3.59. The van der Waals surface area contributed by atoms with E-state index < -0.39 is 0 Å². The van der Waals surface area contributed by atoms with Crippen LogP contribution in [0, 0.1) is 0 Å². The van der Waals surface area contributed by atoms with Crippen LogP contribution < -0.4 is 10.5 Å². The van der Waals surface area contributed by atoms with Crippen LogP contribution >= 0.6 is 24.0 Å². The summed E-state index contributed by atoms with van der Waals surface area (Å²) in [6.07, 6.45) is 5.94. The molecule has 5 rings (SSSR count). The zero-order chi connectivity index (χ0) is 24.4. The number of thioether (sulfide) groups is 1. The van der Waals surface area contributed by atoms with Crippen molar-refractivity contribution in [3.8, 4) is 0 Å². The first-order chi connectivity index (χ1) is 17.1. The third-order valence-electron chi connectivity index (χ3n) is 6.79. The summed E-state index contributed by atoms with van der Waals surface area (Å²) in [6.45, 7) is 4.92. The highest BCUT2D eigenvalue weighted by atomic mass is 32.2. The largest absolute Gasteiger partial charge is 0.370 e. The van der Waals surface area contributed by atoms with Gasteiger partial charge in [0.1, 0.15) is 4.32 Å². The van der Waals surface area contributed by atoms with E-state index in [0.29, 0.717) is 27.9 Å². The summed E-state index contributed by atoms with van der Waals surface area (Å²) < 4.78 is 2.36. The number of carbonyl (C=O) groups is 1. The minimum Gasteiger partial charge on any atom is -0.370 e. The first-order valence-electron chi connectivity index (χ1n) is 12.3. The quantitative estimate of drug-likeness (QED) is 0.330. The van der Waals surface area contributed by atoms with Crippen molar-refractivity contribution < 1.29 is 4.79 Å². The standard InChI is InChI=1S/C28H29N3O2S2/c1-2-30-23-14-8-7-13-21(23)25(29-16-9-4-10-17-29)22(26(30)32)19-24-27(33)31(28(34)35-24)18-15-20-11-5-3-6-12-20/h3,5-8,11-14,19H,2,4,9-10,15-18H2,1H3. The number of aromatic nitrogens is 1. The van der Waals surface area contributed by atoms with E-state index in [4.69, 9.17) is 12.2 Å². The van der Waals surface area contributed by atoms with Gasteiger partial charge in [0.2, 0.25) is 0 Å². The van der Waals surface area contributed by atoms with Gasteiger partial charge >= 0.3 is 0 Å². The van der Waals surface area contributed by atoms with Crippen LogP contribution in [0.4, 0.5) is 5.69 Å². The zero-order valence-corrected chi connectivity index (χ0v) is 21.5. The van der Waals surface area contributed by atoms with Crippen LogP contribution in [0.15, 0.2) is 64.3 Å². The van der Waals surface area contributed by atoms with Gasteiger partial charge in [0.15, 0.2) is 0 Å².